The van der Waals surface area contributed by atoms with E-state index in [0.29, 0.717) is 18.1 Å². The lowest BCUT2D eigenvalue weighted by Gasteiger charge is -2.45. The quantitative estimate of drug-likeness (QED) is 0.683. The maximum atomic E-state index is 12.5. The number of hydrogen-bond donors (Lipinski definition) is 0. The summed E-state index contributed by atoms with van der Waals surface area (Å²) in [6.07, 6.45) is 6.42. The number of allylic oxidation sites excluding steroid dienone is 1. The van der Waals surface area contributed by atoms with Crippen LogP contribution < -0.4 is 0 Å². The Labute approximate surface area is 132 Å². The zero-order chi connectivity index (χ0) is 15.9. The molecular formula is C18H27NO3. The molecule has 0 spiro atoms. The minimum absolute atomic E-state index is 0.187. The normalized spacial score (nSPS) is 29.0. The summed E-state index contributed by atoms with van der Waals surface area (Å²) in [6.45, 7) is 6.52. The lowest BCUT2D eigenvalue weighted by atomic mass is 9.71. The molecule has 0 bridgehead atoms. The van der Waals surface area contributed by atoms with Crippen molar-refractivity contribution in [3.8, 4) is 0 Å². The van der Waals surface area contributed by atoms with E-state index in [-0.39, 0.29) is 12.1 Å². The Morgan fingerprint density at radius 1 is 1.18 bits per heavy atom. The number of piperidine rings is 1. The van der Waals surface area contributed by atoms with Gasteiger partial charge < -0.3 is 9.64 Å². The molecule has 1 saturated heterocycles. The van der Waals surface area contributed by atoms with Crippen LogP contribution in [0, 0.1) is 5.92 Å². The van der Waals surface area contributed by atoms with Crippen molar-refractivity contribution in [3.63, 3.8) is 0 Å². The summed E-state index contributed by atoms with van der Waals surface area (Å²) in [5.41, 5.74) is 1.95. The Hall–Kier alpha value is -1.32. The zero-order valence-corrected chi connectivity index (χ0v) is 14.0. The summed E-state index contributed by atoms with van der Waals surface area (Å²) in [7, 11) is 0. The monoisotopic (exact) mass is 305 g/mol. The number of Topliss-reactive ketones (excluding diaryl/α,β-unsaturated/α-hetero) is 1. The molecule has 2 aliphatic carbocycles. The number of ketones is 1. The van der Waals surface area contributed by atoms with Gasteiger partial charge in [0.05, 0.1) is 0 Å². The van der Waals surface area contributed by atoms with E-state index in [9.17, 15) is 9.59 Å². The van der Waals surface area contributed by atoms with Gasteiger partial charge in [-0.05, 0) is 70.8 Å². The SMILES string of the molecule is CC(C)(C)OC(=O)N1CCC[C@H]2CC3=C(CCCC3=O)C[C@H]21. The highest BCUT2D eigenvalue weighted by atomic mass is 16.6. The number of fused-ring (bicyclic) bond motifs is 1. The van der Waals surface area contributed by atoms with Crippen molar-refractivity contribution in [3.05, 3.63) is 11.1 Å². The first-order valence-electron chi connectivity index (χ1n) is 8.59. The number of amides is 1. The van der Waals surface area contributed by atoms with Crippen LogP contribution in [0.3, 0.4) is 0 Å². The molecule has 1 heterocycles. The van der Waals surface area contributed by atoms with Crippen LogP contribution in [0.25, 0.3) is 0 Å². The van der Waals surface area contributed by atoms with Gasteiger partial charge in [0.1, 0.15) is 5.60 Å². The predicted molar refractivity (Wildman–Crippen MR) is 84.6 cm³/mol. The molecule has 0 aromatic heterocycles. The van der Waals surface area contributed by atoms with Crippen LogP contribution in [0.4, 0.5) is 4.79 Å². The molecule has 1 aliphatic heterocycles. The summed E-state index contributed by atoms with van der Waals surface area (Å²) >= 11 is 0. The fourth-order valence-corrected chi connectivity index (χ4v) is 4.16. The lowest BCUT2D eigenvalue weighted by Crippen LogP contribution is -2.52. The summed E-state index contributed by atoms with van der Waals surface area (Å²) in [5, 5.41) is 0. The van der Waals surface area contributed by atoms with Gasteiger partial charge in [0.25, 0.3) is 0 Å². The smallest absolute Gasteiger partial charge is 0.410 e. The second kappa shape index (κ2) is 5.71. The molecule has 0 aromatic carbocycles. The number of nitrogens with zero attached hydrogens (tertiary/aromatic N) is 1. The number of rotatable bonds is 0. The van der Waals surface area contributed by atoms with Crippen LogP contribution in [-0.2, 0) is 9.53 Å². The maximum Gasteiger partial charge on any atom is 0.410 e. The van der Waals surface area contributed by atoms with Gasteiger partial charge >= 0.3 is 6.09 Å². The lowest BCUT2D eigenvalue weighted by molar-refractivity contribution is -0.116. The first-order valence-corrected chi connectivity index (χ1v) is 8.59. The molecule has 0 N–H and O–H groups in total. The molecule has 2 atom stereocenters. The highest BCUT2D eigenvalue weighted by Crippen LogP contribution is 2.42. The summed E-state index contributed by atoms with van der Waals surface area (Å²) in [4.78, 5) is 26.6. The molecule has 0 unspecified atom stereocenters. The van der Waals surface area contributed by atoms with Crippen LogP contribution in [-0.4, -0.2) is 35.0 Å². The van der Waals surface area contributed by atoms with Crippen LogP contribution in [0.15, 0.2) is 11.1 Å². The Morgan fingerprint density at radius 3 is 2.68 bits per heavy atom. The van der Waals surface area contributed by atoms with E-state index in [4.69, 9.17) is 4.74 Å². The first kappa shape index (κ1) is 15.6. The summed E-state index contributed by atoms with van der Waals surface area (Å²) < 4.78 is 5.59. The van der Waals surface area contributed by atoms with Gasteiger partial charge in [-0.2, -0.15) is 0 Å². The Kier molecular flexibility index (Phi) is 4.04. The Balaban J connectivity index is 1.79. The van der Waals surface area contributed by atoms with Crippen molar-refractivity contribution < 1.29 is 14.3 Å². The average Bonchev–Trinajstić information content (AvgIpc) is 2.43. The van der Waals surface area contributed by atoms with Crippen LogP contribution in [0.2, 0.25) is 0 Å². The third kappa shape index (κ3) is 3.06. The van der Waals surface area contributed by atoms with E-state index in [1.165, 1.54) is 5.57 Å². The number of carbonyl (C=O) groups is 2. The third-order valence-corrected chi connectivity index (χ3v) is 5.11. The highest BCUT2D eigenvalue weighted by molar-refractivity contribution is 5.97. The minimum Gasteiger partial charge on any atom is -0.444 e. The van der Waals surface area contributed by atoms with E-state index in [0.717, 1.165) is 50.6 Å². The van der Waals surface area contributed by atoms with Crippen molar-refractivity contribution in [1.82, 2.24) is 4.90 Å². The van der Waals surface area contributed by atoms with Crippen LogP contribution in [0.1, 0.15) is 65.7 Å². The van der Waals surface area contributed by atoms with Crippen molar-refractivity contribution in [1.29, 1.82) is 0 Å². The van der Waals surface area contributed by atoms with Gasteiger partial charge in [-0.25, -0.2) is 4.79 Å². The molecule has 1 amide bonds. The number of likely N-dealkylation sites (tertiary alicyclic amines) is 1. The summed E-state index contributed by atoms with van der Waals surface area (Å²) in [5.74, 6) is 0.788. The molecule has 0 aromatic rings. The second-order valence-electron chi connectivity index (χ2n) is 7.91. The number of hydrogen-bond acceptors (Lipinski definition) is 3. The average molecular weight is 305 g/mol. The van der Waals surface area contributed by atoms with Crippen molar-refractivity contribution in [2.45, 2.75) is 77.4 Å². The molecule has 1 fully saturated rings. The van der Waals surface area contributed by atoms with Crippen molar-refractivity contribution >= 4 is 11.9 Å². The van der Waals surface area contributed by atoms with E-state index in [1.54, 1.807) is 0 Å². The van der Waals surface area contributed by atoms with E-state index >= 15 is 0 Å². The van der Waals surface area contributed by atoms with Gasteiger partial charge in [-0.15, -0.1) is 0 Å². The second-order valence-corrected chi connectivity index (χ2v) is 7.91. The Morgan fingerprint density at radius 2 is 1.95 bits per heavy atom. The Bertz CT molecular complexity index is 515. The molecule has 0 radical (unpaired) electrons. The van der Waals surface area contributed by atoms with Gasteiger partial charge in [0.15, 0.2) is 5.78 Å². The minimum atomic E-state index is -0.454. The molecule has 0 saturated carbocycles. The van der Waals surface area contributed by atoms with E-state index in [1.807, 2.05) is 25.7 Å². The van der Waals surface area contributed by atoms with Crippen LogP contribution in [0.5, 0.6) is 0 Å². The molecule has 3 rings (SSSR count). The standard InChI is InChI=1S/C18H27NO3/c1-18(2,3)22-17(21)19-9-5-7-13-10-14-12(11-15(13)19)6-4-8-16(14)20/h13,15H,4-11H2,1-3H3/t13-,15+/m0/s1. The molecule has 4 heteroatoms. The maximum absolute atomic E-state index is 12.5. The van der Waals surface area contributed by atoms with Gasteiger partial charge in [-0.3, -0.25) is 4.79 Å². The van der Waals surface area contributed by atoms with Gasteiger partial charge in [0, 0.05) is 19.0 Å². The van der Waals surface area contributed by atoms with Gasteiger partial charge in [-0.1, -0.05) is 5.57 Å². The molecule has 122 valence electrons. The van der Waals surface area contributed by atoms with Crippen molar-refractivity contribution in [2.75, 3.05) is 6.54 Å². The number of ether oxygens (including phenoxy) is 1. The van der Waals surface area contributed by atoms with E-state index in [2.05, 4.69) is 0 Å². The molecule has 22 heavy (non-hydrogen) atoms. The summed E-state index contributed by atoms with van der Waals surface area (Å²) in [6, 6.07) is 0.230. The highest BCUT2D eigenvalue weighted by Gasteiger charge is 2.41. The predicted octanol–water partition coefficient (Wildman–Crippen LogP) is 3.85. The van der Waals surface area contributed by atoms with Gasteiger partial charge in [0.2, 0.25) is 0 Å². The fourth-order valence-electron chi connectivity index (χ4n) is 4.16. The first-order chi connectivity index (χ1) is 10.3. The molecular weight excluding hydrogens is 278 g/mol. The topological polar surface area (TPSA) is 46.6 Å². The number of carbonyl (C=O) groups excluding carboxylic acids is 2. The van der Waals surface area contributed by atoms with Crippen molar-refractivity contribution in [2.24, 2.45) is 5.92 Å². The molecule has 3 aliphatic rings. The molecule has 4 nitrogen and oxygen atoms in total. The zero-order valence-electron chi connectivity index (χ0n) is 14.0. The van der Waals surface area contributed by atoms with Crippen LogP contribution >= 0.6 is 0 Å². The fraction of sp³-hybridized carbons (Fsp3) is 0.778. The third-order valence-electron chi connectivity index (χ3n) is 5.11. The largest absolute Gasteiger partial charge is 0.444 e. The van der Waals surface area contributed by atoms with E-state index < -0.39 is 5.60 Å².